The molecule has 0 amide bonds. The minimum atomic E-state index is -0.512. The van der Waals surface area contributed by atoms with Gasteiger partial charge in [0.1, 0.15) is 0 Å². The van der Waals surface area contributed by atoms with Crippen LogP contribution < -0.4 is 14.8 Å². The van der Waals surface area contributed by atoms with Crippen LogP contribution in [-0.4, -0.2) is 31.9 Å². The van der Waals surface area contributed by atoms with E-state index in [2.05, 4.69) is 12.2 Å². The highest BCUT2D eigenvalue weighted by molar-refractivity contribution is 5.52. The predicted octanol–water partition coefficient (Wildman–Crippen LogP) is 1.66. The van der Waals surface area contributed by atoms with Gasteiger partial charge in [-0.2, -0.15) is 0 Å². The van der Waals surface area contributed by atoms with Crippen LogP contribution in [0.15, 0.2) is 12.1 Å². The Hall–Kier alpha value is -1.26. The number of hydrogen-bond acceptors (Lipinski definition) is 4. The Morgan fingerprint density at radius 2 is 2.11 bits per heavy atom. The van der Waals surface area contributed by atoms with E-state index in [0.29, 0.717) is 19.8 Å². The van der Waals surface area contributed by atoms with Gasteiger partial charge >= 0.3 is 0 Å². The van der Waals surface area contributed by atoms with Gasteiger partial charge in [0.25, 0.3) is 0 Å². The lowest BCUT2D eigenvalue weighted by atomic mass is 9.98. The molecule has 0 radical (unpaired) electrons. The van der Waals surface area contributed by atoms with Crippen molar-refractivity contribution in [1.82, 2.24) is 5.32 Å². The third kappa shape index (κ3) is 2.60. The van der Waals surface area contributed by atoms with Crippen LogP contribution in [0.1, 0.15) is 30.6 Å². The quantitative estimate of drug-likeness (QED) is 0.854. The van der Waals surface area contributed by atoms with Gasteiger partial charge in [-0.3, -0.25) is 0 Å². The number of hydrogen-bond donors (Lipinski definition) is 2. The van der Waals surface area contributed by atoms with Crippen molar-refractivity contribution >= 4 is 0 Å². The van der Waals surface area contributed by atoms with Crippen LogP contribution in [0, 0.1) is 0 Å². The summed E-state index contributed by atoms with van der Waals surface area (Å²) in [7, 11) is 1.83. The molecule has 0 saturated heterocycles. The number of nitrogens with one attached hydrogen (secondary N) is 1. The van der Waals surface area contributed by atoms with Gasteiger partial charge < -0.3 is 19.9 Å². The molecule has 1 heterocycles. The number of ether oxygens (including phenoxy) is 2. The molecule has 1 atom stereocenters. The molecule has 100 valence electrons. The Bertz CT molecular complexity index is 406. The molecule has 1 aliphatic rings. The number of aliphatic hydroxyl groups is 1. The van der Waals surface area contributed by atoms with Gasteiger partial charge in [-0.15, -0.1) is 0 Å². The van der Waals surface area contributed by atoms with Gasteiger partial charge in [0.05, 0.1) is 19.3 Å². The van der Waals surface area contributed by atoms with E-state index in [9.17, 15) is 5.11 Å². The lowest BCUT2D eigenvalue weighted by Gasteiger charge is -2.19. The fourth-order valence-corrected chi connectivity index (χ4v) is 2.29. The summed E-state index contributed by atoms with van der Waals surface area (Å²) >= 11 is 0. The lowest BCUT2D eigenvalue weighted by molar-refractivity contribution is 0.176. The molecule has 1 unspecified atom stereocenters. The van der Waals surface area contributed by atoms with E-state index in [1.165, 1.54) is 0 Å². The van der Waals surface area contributed by atoms with Gasteiger partial charge in [0.2, 0.25) is 0 Å². The first-order valence-corrected chi connectivity index (χ1v) is 6.52. The third-order valence-electron chi connectivity index (χ3n) is 3.16. The minimum absolute atomic E-state index is 0.512. The van der Waals surface area contributed by atoms with Gasteiger partial charge in [-0.05, 0) is 25.1 Å². The van der Waals surface area contributed by atoms with Crippen LogP contribution >= 0.6 is 0 Å². The van der Waals surface area contributed by atoms with Gasteiger partial charge in [0, 0.05) is 18.5 Å². The summed E-state index contributed by atoms with van der Waals surface area (Å²) in [5, 5.41) is 13.1. The zero-order valence-corrected chi connectivity index (χ0v) is 11.0. The number of fused-ring (bicyclic) bond motifs is 1. The topological polar surface area (TPSA) is 50.7 Å². The molecule has 2 rings (SSSR count). The van der Waals surface area contributed by atoms with Crippen LogP contribution in [-0.2, 0) is 6.42 Å². The van der Waals surface area contributed by atoms with Crippen molar-refractivity contribution in [2.75, 3.05) is 26.8 Å². The van der Waals surface area contributed by atoms with Gasteiger partial charge in [-0.1, -0.05) is 13.0 Å². The first-order chi connectivity index (χ1) is 8.77. The maximum Gasteiger partial charge on any atom is 0.164 e. The third-order valence-corrected chi connectivity index (χ3v) is 3.16. The van der Waals surface area contributed by atoms with E-state index >= 15 is 0 Å². The van der Waals surface area contributed by atoms with Crippen molar-refractivity contribution in [1.29, 1.82) is 0 Å². The van der Waals surface area contributed by atoms with Gasteiger partial charge in [-0.25, -0.2) is 0 Å². The van der Waals surface area contributed by atoms with Crippen molar-refractivity contribution in [3.63, 3.8) is 0 Å². The van der Waals surface area contributed by atoms with E-state index in [4.69, 9.17) is 9.47 Å². The number of likely N-dealkylation sites (N-methyl/N-ethyl adjacent to an activating group) is 1. The standard InChI is InChI=1S/C14H21NO3/c1-3-10-11(12(16)9-15-2)5-6-13-14(10)18-8-4-7-17-13/h5-6,12,15-16H,3-4,7-9H2,1-2H3. The molecule has 0 fully saturated rings. The van der Waals surface area contributed by atoms with Crippen molar-refractivity contribution in [3.05, 3.63) is 23.3 Å². The summed E-state index contributed by atoms with van der Waals surface area (Å²) in [6, 6.07) is 3.84. The molecule has 4 heteroatoms. The smallest absolute Gasteiger partial charge is 0.164 e. The zero-order chi connectivity index (χ0) is 13.0. The summed E-state index contributed by atoms with van der Waals surface area (Å²) in [5.74, 6) is 1.60. The Morgan fingerprint density at radius 1 is 1.33 bits per heavy atom. The molecule has 4 nitrogen and oxygen atoms in total. The monoisotopic (exact) mass is 251 g/mol. The van der Waals surface area contributed by atoms with Crippen LogP contribution in [0.3, 0.4) is 0 Å². The summed E-state index contributed by atoms with van der Waals surface area (Å²) in [6.45, 7) is 3.96. The first kappa shape index (κ1) is 13.2. The highest BCUT2D eigenvalue weighted by Gasteiger charge is 2.20. The molecule has 0 aliphatic carbocycles. The van der Waals surface area contributed by atoms with Crippen LogP contribution in [0.2, 0.25) is 0 Å². The second-order valence-electron chi connectivity index (χ2n) is 4.44. The Kier molecular flexibility index (Phi) is 4.44. The summed E-state index contributed by atoms with van der Waals surface area (Å²) < 4.78 is 11.4. The van der Waals surface area contributed by atoms with Crippen molar-refractivity contribution in [2.24, 2.45) is 0 Å². The van der Waals surface area contributed by atoms with E-state index in [1.54, 1.807) is 0 Å². The SMILES string of the molecule is CCc1c(C(O)CNC)ccc2c1OCCCO2. The lowest BCUT2D eigenvalue weighted by Crippen LogP contribution is -2.18. The molecule has 2 N–H and O–H groups in total. The molecule has 0 saturated carbocycles. The van der Waals surface area contributed by atoms with Crippen LogP contribution in [0.5, 0.6) is 11.5 Å². The second-order valence-corrected chi connectivity index (χ2v) is 4.44. The Labute approximate surface area is 108 Å². The normalized spacial score (nSPS) is 16.2. The van der Waals surface area contributed by atoms with E-state index in [0.717, 1.165) is 35.5 Å². The predicted molar refractivity (Wildman–Crippen MR) is 70.3 cm³/mol. The van der Waals surface area contributed by atoms with Crippen molar-refractivity contribution in [2.45, 2.75) is 25.9 Å². The summed E-state index contributed by atoms with van der Waals surface area (Å²) in [5.41, 5.74) is 1.98. The van der Waals surface area contributed by atoms with Gasteiger partial charge in [0.15, 0.2) is 11.5 Å². The van der Waals surface area contributed by atoms with Crippen molar-refractivity contribution < 1.29 is 14.6 Å². The molecule has 1 aromatic rings. The fourth-order valence-electron chi connectivity index (χ4n) is 2.29. The molecule has 0 aromatic heterocycles. The minimum Gasteiger partial charge on any atom is -0.490 e. The molecular formula is C14H21NO3. The zero-order valence-electron chi connectivity index (χ0n) is 11.0. The largest absolute Gasteiger partial charge is 0.490 e. The maximum absolute atomic E-state index is 10.1. The molecule has 0 spiro atoms. The number of aliphatic hydroxyl groups excluding tert-OH is 1. The summed E-state index contributed by atoms with van der Waals surface area (Å²) in [4.78, 5) is 0. The summed E-state index contributed by atoms with van der Waals surface area (Å²) in [6.07, 6.45) is 1.21. The Morgan fingerprint density at radius 3 is 2.83 bits per heavy atom. The van der Waals surface area contributed by atoms with Crippen molar-refractivity contribution in [3.8, 4) is 11.5 Å². The fraction of sp³-hybridized carbons (Fsp3) is 0.571. The molecule has 0 bridgehead atoms. The van der Waals surface area contributed by atoms with E-state index < -0.39 is 6.10 Å². The maximum atomic E-state index is 10.1. The van der Waals surface area contributed by atoms with Crippen LogP contribution in [0.4, 0.5) is 0 Å². The first-order valence-electron chi connectivity index (χ1n) is 6.52. The average molecular weight is 251 g/mol. The van der Waals surface area contributed by atoms with E-state index in [1.807, 2.05) is 19.2 Å². The molecule has 1 aliphatic heterocycles. The van der Waals surface area contributed by atoms with Crippen LogP contribution in [0.25, 0.3) is 0 Å². The molecule has 1 aromatic carbocycles. The molecule has 18 heavy (non-hydrogen) atoms. The van der Waals surface area contributed by atoms with E-state index in [-0.39, 0.29) is 0 Å². The highest BCUT2D eigenvalue weighted by atomic mass is 16.5. The second kappa shape index (κ2) is 6.07. The highest BCUT2D eigenvalue weighted by Crippen LogP contribution is 2.37. The number of rotatable bonds is 4. The Balaban J connectivity index is 2.39. The number of benzene rings is 1. The average Bonchev–Trinajstić information content (AvgIpc) is 2.62. The molecular weight excluding hydrogens is 230 g/mol.